The Bertz CT molecular complexity index is 619. The minimum Gasteiger partial charge on any atom is -0.496 e. The second kappa shape index (κ2) is 9.02. The molecular weight excluding hydrogens is 348 g/mol. The van der Waals surface area contributed by atoms with Gasteiger partial charge in [-0.05, 0) is 31.1 Å². The molecule has 0 saturated heterocycles. The molecule has 0 bridgehead atoms. The van der Waals surface area contributed by atoms with Crippen LogP contribution in [0.4, 0.5) is 0 Å². The van der Waals surface area contributed by atoms with E-state index >= 15 is 0 Å². The average Bonchev–Trinajstić information content (AvgIpc) is 2.56. The molecular formula is C20H34O5Si. The Morgan fingerprint density at radius 1 is 1.15 bits per heavy atom. The number of hydrogen-bond acceptors (Lipinski definition) is 5. The number of ether oxygens (including phenoxy) is 3. The topological polar surface area (TPSA) is 54.0 Å². The van der Waals surface area contributed by atoms with Gasteiger partial charge in [-0.2, -0.15) is 0 Å². The van der Waals surface area contributed by atoms with Crippen LogP contribution in [0.5, 0.6) is 11.5 Å². The smallest absolute Gasteiger partial charge is 0.192 e. The number of carbonyl (C=O) groups is 1. The highest BCUT2D eigenvalue weighted by molar-refractivity contribution is 6.74. The number of hydrogen-bond donors (Lipinski definition) is 0. The number of benzene rings is 1. The lowest BCUT2D eigenvalue weighted by atomic mass is 9.94. The molecule has 0 radical (unpaired) electrons. The molecule has 1 aromatic rings. The Labute approximate surface area is 159 Å². The average molecular weight is 383 g/mol. The van der Waals surface area contributed by atoms with Crippen molar-refractivity contribution in [3.05, 3.63) is 23.3 Å². The summed E-state index contributed by atoms with van der Waals surface area (Å²) in [5.41, 5.74) is 1.74. The number of methoxy groups -OCH3 is 2. The maximum atomic E-state index is 11.9. The third-order valence-electron chi connectivity index (χ3n) is 5.22. The van der Waals surface area contributed by atoms with E-state index in [1.54, 1.807) is 21.1 Å². The molecule has 1 rings (SSSR count). The van der Waals surface area contributed by atoms with Crippen molar-refractivity contribution >= 4 is 14.1 Å². The molecule has 1 aromatic carbocycles. The summed E-state index contributed by atoms with van der Waals surface area (Å²) in [7, 11) is 1.29. The molecule has 5 nitrogen and oxygen atoms in total. The van der Waals surface area contributed by atoms with Crippen LogP contribution >= 0.6 is 0 Å². The van der Waals surface area contributed by atoms with Crippen molar-refractivity contribution in [1.82, 2.24) is 0 Å². The fourth-order valence-electron chi connectivity index (χ4n) is 2.21. The van der Waals surface area contributed by atoms with Crippen LogP contribution in [0.15, 0.2) is 12.1 Å². The molecule has 26 heavy (non-hydrogen) atoms. The summed E-state index contributed by atoms with van der Waals surface area (Å²) in [6.45, 7) is 15.1. The fourth-order valence-corrected chi connectivity index (χ4v) is 3.16. The number of rotatable bonds is 9. The monoisotopic (exact) mass is 382 g/mol. The van der Waals surface area contributed by atoms with Crippen molar-refractivity contribution in [2.24, 2.45) is 0 Å². The van der Waals surface area contributed by atoms with Crippen LogP contribution in [0.1, 0.15) is 51.7 Å². The minimum atomic E-state index is -1.90. The molecule has 148 valence electrons. The van der Waals surface area contributed by atoms with E-state index in [0.29, 0.717) is 18.1 Å². The predicted molar refractivity (Wildman–Crippen MR) is 107 cm³/mol. The van der Waals surface area contributed by atoms with E-state index in [-0.39, 0.29) is 23.5 Å². The van der Waals surface area contributed by atoms with E-state index in [1.165, 1.54) is 0 Å². The molecule has 0 unspecified atom stereocenters. The lowest BCUT2D eigenvalue weighted by Crippen LogP contribution is -2.40. The van der Waals surface area contributed by atoms with Crippen LogP contribution in [0.25, 0.3) is 0 Å². The van der Waals surface area contributed by atoms with Gasteiger partial charge >= 0.3 is 0 Å². The molecule has 0 N–H and O–H groups in total. The SMILES string of the molecule is COCOc1cc(OC)c(CO[Si](C)(C)C(C)(C)C)cc1[C@H](C)C(C)=O. The highest BCUT2D eigenvalue weighted by Gasteiger charge is 2.37. The van der Waals surface area contributed by atoms with E-state index in [0.717, 1.165) is 11.1 Å². The Morgan fingerprint density at radius 2 is 1.77 bits per heavy atom. The van der Waals surface area contributed by atoms with Gasteiger partial charge in [0.05, 0.1) is 13.7 Å². The molecule has 0 saturated carbocycles. The van der Waals surface area contributed by atoms with E-state index in [2.05, 4.69) is 33.9 Å². The molecule has 0 aliphatic rings. The lowest BCUT2D eigenvalue weighted by molar-refractivity contribution is -0.118. The van der Waals surface area contributed by atoms with Gasteiger partial charge in [0.2, 0.25) is 0 Å². The first-order valence-electron chi connectivity index (χ1n) is 8.91. The van der Waals surface area contributed by atoms with Gasteiger partial charge in [0.1, 0.15) is 17.3 Å². The van der Waals surface area contributed by atoms with Crippen molar-refractivity contribution in [2.75, 3.05) is 21.0 Å². The van der Waals surface area contributed by atoms with Gasteiger partial charge in [-0.15, -0.1) is 0 Å². The van der Waals surface area contributed by atoms with Gasteiger partial charge in [0, 0.05) is 30.2 Å². The Balaban J connectivity index is 3.26. The summed E-state index contributed by atoms with van der Waals surface area (Å²) < 4.78 is 22.6. The number of ketones is 1. The van der Waals surface area contributed by atoms with Crippen molar-refractivity contribution < 1.29 is 23.4 Å². The van der Waals surface area contributed by atoms with Crippen LogP contribution in [-0.4, -0.2) is 35.1 Å². The molecule has 1 atom stereocenters. The van der Waals surface area contributed by atoms with Crippen LogP contribution in [0, 0.1) is 0 Å². The first-order valence-corrected chi connectivity index (χ1v) is 11.8. The molecule has 0 amide bonds. The van der Waals surface area contributed by atoms with Gasteiger partial charge in [-0.1, -0.05) is 27.7 Å². The van der Waals surface area contributed by atoms with Gasteiger partial charge in [-0.25, -0.2) is 0 Å². The predicted octanol–water partition coefficient (Wildman–Crippen LogP) is 4.89. The second-order valence-electron chi connectivity index (χ2n) is 8.13. The van der Waals surface area contributed by atoms with Crippen molar-refractivity contribution in [3.63, 3.8) is 0 Å². The summed E-state index contributed by atoms with van der Waals surface area (Å²) in [6.07, 6.45) is 0. The van der Waals surface area contributed by atoms with Crippen LogP contribution in [0.3, 0.4) is 0 Å². The third-order valence-corrected chi connectivity index (χ3v) is 9.69. The van der Waals surface area contributed by atoms with Crippen LogP contribution in [0.2, 0.25) is 18.1 Å². The van der Waals surface area contributed by atoms with Crippen LogP contribution < -0.4 is 9.47 Å². The zero-order valence-corrected chi connectivity index (χ0v) is 18.7. The van der Waals surface area contributed by atoms with E-state index in [1.807, 2.05) is 19.1 Å². The molecule has 0 aromatic heterocycles. The largest absolute Gasteiger partial charge is 0.496 e. The Kier molecular flexibility index (Phi) is 7.86. The Morgan fingerprint density at radius 3 is 2.23 bits per heavy atom. The highest BCUT2D eigenvalue weighted by Crippen LogP contribution is 2.39. The molecule has 0 fully saturated rings. The number of Topliss-reactive ketones (excluding diaryl/α,β-unsaturated/α-hetero) is 1. The quantitative estimate of drug-likeness (QED) is 0.449. The maximum absolute atomic E-state index is 11.9. The van der Waals surface area contributed by atoms with Crippen molar-refractivity contribution in [3.8, 4) is 11.5 Å². The van der Waals surface area contributed by atoms with E-state index in [4.69, 9.17) is 18.6 Å². The molecule has 0 aliphatic heterocycles. The van der Waals surface area contributed by atoms with Crippen LogP contribution in [-0.2, 0) is 20.6 Å². The van der Waals surface area contributed by atoms with Gasteiger partial charge in [-0.3, -0.25) is 4.79 Å². The minimum absolute atomic E-state index is 0.0775. The van der Waals surface area contributed by atoms with Crippen molar-refractivity contribution in [2.45, 2.75) is 65.3 Å². The summed E-state index contributed by atoms with van der Waals surface area (Å²) in [5, 5.41) is 0.122. The van der Waals surface area contributed by atoms with Crippen molar-refractivity contribution in [1.29, 1.82) is 0 Å². The summed E-state index contributed by atoms with van der Waals surface area (Å²) in [6, 6.07) is 3.78. The molecule has 0 heterocycles. The van der Waals surface area contributed by atoms with Gasteiger partial charge in [0.15, 0.2) is 15.1 Å². The maximum Gasteiger partial charge on any atom is 0.192 e. The third kappa shape index (κ3) is 5.56. The highest BCUT2D eigenvalue weighted by atomic mass is 28.4. The molecule has 0 spiro atoms. The van der Waals surface area contributed by atoms with Gasteiger partial charge < -0.3 is 18.6 Å². The van der Waals surface area contributed by atoms with Gasteiger partial charge in [0.25, 0.3) is 0 Å². The summed E-state index contributed by atoms with van der Waals surface area (Å²) >= 11 is 0. The zero-order valence-electron chi connectivity index (χ0n) is 17.7. The fraction of sp³-hybridized carbons (Fsp3) is 0.650. The second-order valence-corrected chi connectivity index (χ2v) is 12.9. The van der Waals surface area contributed by atoms with E-state index < -0.39 is 8.32 Å². The zero-order chi connectivity index (χ0) is 20.1. The normalized spacial score (nSPS) is 13.4. The summed E-state index contributed by atoms with van der Waals surface area (Å²) in [4.78, 5) is 11.9. The molecule has 6 heteroatoms. The Hall–Kier alpha value is -1.37. The first-order chi connectivity index (χ1) is 11.9. The first kappa shape index (κ1) is 22.7. The summed E-state index contributed by atoms with van der Waals surface area (Å²) in [5.74, 6) is 1.09. The lowest BCUT2D eigenvalue weighted by Gasteiger charge is -2.36. The molecule has 0 aliphatic carbocycles. The standard InChI is InChI=1S/C20H34O5Si/c1-14(15(2)21)17-10-16(12-25-26(8,9)20(3,4)5)18(23-7)11-19(17)24-13-22-6/h10-11,14H,12-13H2,1-9H3/t14-/m1/s1. The number of carbonyl (C=O) groups excluding carboxylic acids is 1. The van der Waals surface area contributed by atoms with E-state index in [9.17, 15) is 4.79 Å².